The van der Waals surface area contributed by atoms with Gasteiger partial charge in [0.15, 0.2) is 0 Å². The fourth-order valence-electron chi connectivity index (χ4n) is 1.35. The molecule has 0 atom stereocenters. The minimum absolute atomic E-state index is 0.133. The first-order valence-corrected chi connectivity index (χ1v) is 5.80. The van der Waals surface area contributed by atoms with Crippen molar-refractivity contribution in [2.75, 3.05) is 0 Å². The molecule has 1 amide bonds. The van der Waals surface area contributed by atoms with E-state index >= 15 is 0 Å². The molecule has 0 bridgehead atoms. The van der Waals surface area contributed by atoms with Gasteiger partial charge in [-0.05, 0) is 12.5 Å². The van der Waals surface area contributed by atoms with Crippen LogP contribution in [0.25, 0.3) is 0 Å². The molecule has 3 nitrogen and oxygen atoms in total. The Morgan fingerprint density at radius 3 is 2.88 bits per heavy atom. The summed E-state index contributed by atoms with van der Waals surface area (Å²) in [6, 6.07) is 6.27. The number of amides is 1. The largest absolute Gasteiger partial charge is 0.273 e. The van der Waals surface area contributed by atoms with Gasteiger partial charge < -0.3 is 0 Å². The van der Waals surface area contributed by atoms with E-state index in [-0.39, 0.29) is 11.7 Å². The van der Waals surface area contributed by atoms with Crippen LogP contribution < -0.4 is 5.43 Å². The second kappa shape index (κ2) is 7.54. The van der Waals surface area contributed by atoms with Crippen molar-refractivity contribution in [1.82, 2.24) is 5.43 Å². The summed E-state index contributed by atoms with van der Waals surface area (Å²) in [5, 5.41) is 3.72. The van der Waals surface area contributed by atoms with Crippen molar-refractivity contribution < 1.29 is 9.18 Å². The van der Waals surface area contributed by atoms with Gasteiger partial charge in [0.1, 0.15) is 5.82 Å². The fourth-order valence-corrected chi connectivity index (χ4v) is 1.35. The Kier molecular flexibility index (Phi) is 5.93. The lowest BCUT2D eigenvalue weighted by Crippen LogP contribution is -2.16. The van der Waals surface area contributed by atoms with E-state index in [9.17, 15) is 9.18 Å². The number of nitrogens with zero attached hydrogens (tertiary/aromatic N) is 1. The lowest BCUT2D eigenvalue weighted by atomic mass is 10.2. The molecule has 0 aliphatic carbocycles. The van der Waals surface area contributed by atoms with Crippen molar-refractivity contribution in [3.63, 3.8) is 0 Å². The van der Waals surface area contributed by atoms with E-state index < -0.39 is 0 Å². The molecule has 0 aromatic heterocycles. The number of hydrogen-bond donors (Lipinski definition) is 1. The quantitative estimate of drug-likeness (QED) is 0.460. The van der Waals surface area contributed by atoms with E-state index in [0.29, 0.717) is 12.0 Å². The summed E-state index contributed by atoms with van der Waals surface area (Å²) in [5.74, 6) is -0.484. The number of rotatable bonds is 6. The Hall–Kier alpha value is -1.71. The molecule has 1 rings (SSSR count). The van der Waals surface area contributed by atoms with Gasteiger partial charge in [0.05, 0.1) is 6.21 Å². The zero-order chi connectivity index (χ0) is 12.5. The molecule has 0 heterocycles. The van der Waals surface area contributed by atoms with Gasteiger partial charge in [0.25, 0.3) is 0 Å². The van der Waals surface area contributed by atoms with Crippen LogP contribution in [0.2, 0.25) is 0 Å². The smallest absolute Gasteiger partial charge is 0.240 e. The van der Waals surface area contributed by atoms with Crippen LogP contribution in [0, 0.1) is 5.82 Å². The number of unbranched alkanes of at least 4 members (excludes halogenated alkanes) is 2. The van der Waals surface area contributed by atoms with Crippen molar-refractivity contribution in [3.05, 3.63) is 35.6 Å². The number of benzene rings is 1. The van der Waals surface area contributed by atoms with Gasteiger partial charge >= 0.3 is 0 Å². The normalized spacial score (nSPS) is 10.7. The summed E-state index contributed by atoms with van der Waals surface area (Å²) in [6.07, 6.45) is 4.74. The standard InChI is InChI=1S/C13H17FN2O/c1-2-3-4-9-13(17)16-15-10-11-7-5-6-8-12(11)14/h5-8,10H,2-4,9H2,1H3,(H,16,17). The van der Waals surface area contributed by atoms with Crippen molar-refractivity contribution in [2.24, 2.45) is 5.10 Å². The van der Waals surface area contributed by atoms with Crippen LogP contribution in [-0.2, 0) is 4.79 Å². The number of hydrogen-bond acceptors (Lipinski definition) is 2. The minimum atomic E-state index is -0.350. The summed E-state index contributed by atoms with van der Waals surface area (Å²) in [5.41, 5.74) is 2.74. The second-order valence-electron chi connectivity index (χ2n) is 3.77. The van der Waals surface area contributed by atoms with Crippen LogP contribution in [0.4, 0.5) is 4.39 Å². The Labute approximate surface area is 101 Å². The molecule has 92 valence electrons. The molecule has 0 spiro atoms. The van der Waals surface area contributed by atoms with Gasteiger partial charge in [-0.3, -0.25) is 4.79 Å². The number of halogens is 1. The molecule has 0 radical (unpaired) electrons. The molecule has 1 aromatic carbocycles. The Balaban J connectivity index is 2.35. The van der Waals surface area contributed by atoms with Crippen LogP contribution in [-0.4, -0.2) is 12.1 Å². The second-order valence-corrected chi connectivity index (χ2v) is 3.77. The molecule has 4 heteroatoms. The van der Waals surface area contributed by atoms with Gasteiger partial charge in [0.2, 0.25) is 5.91 Å². The first-order chi connectivity index (χ1) is 8.24. The summed E-state index contributed by atoms with van der Waals surface area (Å²) < 4.78 is 13.2. The highest BCUT2D eigenvalue weighted by atomic mass is 19.1. The Morgan fingerprint density at radius 1 is 1.41 bits per heavy atom. The minimum Gasteiger partial charge on any atom is -0.273 e. The average molecular weight is 236 g/mol. The molecule has 17 heavy (non-hydrogen) atoms. The number of carbonyl (C=O) groups excluding carboxylic acids is 1. The molecule has 0 saturated heterocycles. The van der Waals surface area contributed by atoms with Crippen LogP contribution in [0.3, 0.4) is 0 Å². The van der Waals surface area contributed by atoms with Crippen molar-refractivity contribution >= 4 is 12.1 Å². The highest BCUT2D eigenvalue weighted by Crippen LogP contribution is 2.02. The Bertz CT molecular complexity index is 391. The molecule has 1 N–H and O–H groups in total. The molecule has 0 aliphatic rings. The predicted molar refractivity (Wildman–Crippen MR) is 66.3 cm³/mol. The number of nitrogens with one attached hydrogen (secondary N) is 1. The van der Waals surface area contributed by atoms with Crippen molar-refractivity contribution in [3.8, 4) is 0 Å². The molecule has 1 aromatic rings. The highest BCUT2D eigenvalue weighted by molar-refractivity contribution is 5.82. The maximum atomic E-state index is 13.2. The number of carbonyl (C=O) groups is 1. The molecular weight excluding hydrogens is 219 g/mol. The van der Waals surface area contributed by atoms with Gasteiger partial charge in [0, 0.05) is 12.0 Å². The van der Waals surface area contributed by atoms with Crippen LogP contribution in [0.5, 0.6) is 0 Å². The first kappa shape index (κ1) is 13.4. The highest BCUT2D eigenvalue weighted by Gasteiger charge is 1.99. The van der Waals surface area contributed by atoms with Crippen molar-refractivity contribution in [2.45, 2.75) is 32.6 Å². The average Bonchev–Trinajstić information content (AvgIpc) is 2.32. The lowest BCUT2D eigenvalue weighted by molar-refractivity contribution is -0.121. The SMILES string of the molecule is CCCCCC(=O)NN=Cc1ccccc1F. The third-order valence-electron chi connectivity index (χ3n) is 2.31. The van der Waals surface area contributed by atoms with E-state index in [1.165, 1.54) is 12.3 Å². The molecular formula is C13H17FN2O. The summed E-state index contributed by atoms with van der Waals surface area (Å²) in [6.45, 7) is 2.08. The zero-order valence-electron chi connectivity index (χ0n) is 9.95. The number of hydrazone groups is 1. The van der Waals surface area contributed by atoms with Gasteiger partial charge in [-0.2, -0.15) is 5.10 Å². The van der Waals surface area contributed by atoms with Gasteiger partial charge in [-0.1, -0.05) is 38.0 Å². The maximum Gasteiger partial charge on any atom is 0.240 e. The topological polar surface area (TPSA) is 41.5 Å². The molecule has 0 saturated carbocycles. The third-order valence-corrected chi connectivity index (χ3v) is 2.31. The lowest BCUT2D eigenvalue weighted by Gasteiger charge is -1.99. The van der Waals surface area contributed by atoms with Crippen LogP contribution in [0.15, 0.2) is 29.4 Å². The van der Waals surface area contributed by atoms with E-state index in [0.717, 1.165) is 19.3 Å². The molecule has 0 fully saturated rings. The Morgan fingerprint density at radius 2 is 2.18 bits per heavy atom. The van der Waals surface area contributed by atoms with Gasteiger partial charge in [-0.15, -0.1) is 0 Å². The van der Waals surface area contributed by atoms with Crippen molar-refractivity contribution in [1.29, 1.82) is 0 Å². The third kappa shape index (κ3) is 5.24. The monoisotopic (exact) mass is 236 g/mol. The summed E-state index contributed by atoms with van der Waals surface area (Å²) >= 11 is 0. The summed E-state index contributed by atoms with van der Waals surface area (Å²) in [4.78, 5) is 11.3. The van der Waals surface area contributed by atoms with E-state index in [1.807, 2.05) is 0 Å². The van der Waals surface area contributed by atoms with Gasteiger partial charge in [-0.25, -0.2) is 9.82 Å². The van der Waals surface area contributed by atoms with E-state index in [4.69, 9.17) is 0 Å². The molecule has 0 aliphatic heterocycles. The fraction of sp³-hybridized carbons (Fsp3) is 0.385. The zero-order valence-corrected chi connectivity index (χ0v) is 9.95. The van der Waals surface area contributed by atoms with Crippen LogP contribution >= 0.6 is 0 Å². The molecule has 0 unspecified atom stereocenters. The predicted octanol–water partition coefficient (Wildman–Crippen LogP) is 2.86. The van der Waals surface area contributed by atoms with Crippen LogP contribution in [0.1, 0.15) is 38.2 Å². The van der Waals surface area contributed by atoms with E-state index in [2.05, 4.69) is 17.5 Å². The summed E-state index contributed by atoms with van der Waals surface area (Å²) in [7, 11) is 0. The van der Waals surface area contributed by atoms with E-state index in [1.54, 1.807) is 18.2 Å². The first-order valence-electron chi connectivity index (χ1n) is 5.80. The maximum absolute atomic E-state index is 13.2.